The van der Waals surface area contributed by atoms with Crippen LogP contribution in [-0.2, 0) is 4.79 Å². The predicted octanol–water partition coefficient (Wildman–Crippen LogP) is 2.44. The summed E-state index contributed by atoms with van der Waals surface area (Å²) in [6.45, 7) is 2.36. The molecule has 1 unspecified atom stereocenters. The predicted molar refractivity (Wildman–Crippen MR) is 75.7 cm³/mol. The van der Waals surface area contributed by atoms with Gasteiger partial charge in [-0.15, -0.1) is 0 Å². The molecule has 1 atom stereocenters. The van der Waals surface area contributed by atoms with Gasteiger partial charge in [-0.1, -0.05) is 13.3 Å². The molecule has 110 valence electrons. The van der Waals surface area contributed by atoms with Gasteiger partial charge < -0.3 is 15.0 Å². The Hall–Kier alpha value is -1.78. The van der Waals surface area contributed by atoms with Crippen LogP contribution in [0.5, 0.6) is 0 Å². The Morgan fingerprint density at radius 2 is 2.25 bits per heavy atom. The maximum absolute atomic E-state index is 12.2. The fourth-order valence-corrected chi connectivity index (χ4v) is 2.50. The zero-order chi connectivity index (χ0) is 14.5. The zero-order valence-electron chi connectivity index (χ0n) is 11.8. The molecule has 1 aliphatic carbocycles. The van der Waals surface area contributed by atoms with Crippen molar-refractivity contribution < 1.29 is 14.7 Å². The van der Waals surface area contributed by atoms with E-state index in [4.69, 9.17) is 5.11 Å². The normalized spacial score (nSPS) is 16.4. The highest BCUT2D eigenvalue weighted by molar-refractivity contribution is 5.92. The van der Waals surface area contributed by atoms with Crippen LogP contribution in [-0.4, -0.2) is 28.1 Å². The van der Waals surface area contributed by atoms with Crippen LogP contribution in [0.2, 0.25) is 0 Å². The van der Waals surface area contributed by atoms with Gasteiger partial charge in [-0.2, -0.15) is 0 Å². The van der Waals surface area contributed by atoms with Crippen molar-refractivity contribution in [3.63, 3.8) is 0 Å². The molecule has 1 aromatic heterocycles. The molecular formula is C15H22N2O3. The van der Waals surface area contributed by atoms with Crippen LogP contribution < -0.4 is 5.32 Å². The molecule has 1 aliphatic rings. The summed E-state index contributed by atoms with van der Waals surface area (Å²) in [5.74, 6) is -0.932. The lowest BCUT2D eigenvalue weighted by Crippen LogP contribution is -2.32. The van der Waals surface area contributed by atoms with Crippen LogP contribution in [0.25, 0.3) is 0 Å². The van der Waals surface area contributed by atoms with Gasteiger partial charge in [0.15, 0.2) is 0 Å². The number of carboxylic acids is 1. The number of nitrogens with zero attached hydrogens (tertiary/aromatic N) is 1. The van der Waals surface area contributed by atoms with Crippen molar-refractivity contribution >= 4 is 11.9 Å². The van der Waals surface area contributed by atoms with Gasteiger partial charge in [0.1, 0.15) is 5.69 Å². The summed E-state index contributed by atoms with van der Waals surface area (Å²) in [4.78, 5) is 22.9. The van der Waals surface area contributed by atoms with Crippen LogP contribution in [0.3, 0.4) is 0 Å². The van der Waals surface area contributed by atoms with Gasteiger partial charge in [0.2, 0.25) is 0 Å². The Balaban J connectivity index is 1.91. The number of hydrogen-bond acceptors (Lipinski definition) is 2. The van der Waals surface area contributed by atoms with Crippen molar-refractivity contribution in [2.75, 3.05) is 6.54 Å². The summed E-state index contributed by atoms with van der Waals surface area (Å²) in [5.41, 5.74) is 0.680. The summed E-state index contributed by atoms with van der Waals surface area (Å²) in [6.07, 6.45) is 6.28. The minimum Gasteiger partial charge on any atom is -0.481 e. The van der Waals surface area contributed by atoms with E-state index in [1.165, 1.54) is 6.42 Å². The lowest BCUT2D eigenvalue weighted by molar-refractivity contribution is -0.138. The average Bonchev–Trinajstić information content (AvgIpc) is 2.80. The number of aliphatic carboxylic acids is 1. The number of carbonyl (C=O) groups excluding carboxylic acids is 1. The molecule has 1 saturated carbocycles. The van der Waals surface area contributed by atoms with Crippen molar-refractivity contribution in [1.82, 2.24) is 9.88 Å². The third kappa shape index (κ3) is 3.40. The highest BCUT2D eigenvalue weighted by Gasteiger charge is 2.23. The molecule has 1 heterocycles. The van der Waals surface area contributed by atoms with Crippen molar-refractivity contribution in [3.05, 3.63) is 24.0 Å². The molecule has 5 nitrogen and oxygen atoms in total. The molecule has 2 N–H and O–H groups in total. The Bertz CT molecular complexity index is 477. The van der Waals surface area contributed by atoms with Crippen LogP contribution in [0.1, 0.15) is 55.6 Å². The number of aromatic nitrogens is 1. The van der Waals surface area contributed by atoms with Crippen LogP contribution >= 0.6 is 0 Å². The Kier molecular flexibility index (Phi) is 4.82. The Morgan fingerprint density at radius 1 is 1.50 bits per heavy atom. The molecule has 1 fully saturated rings. The van der Waals surface area contributed by atoms with E-state index >= 15 is 0 Å². The molecule has 5 heteroatoms. The van der Waals surface area contributed by atoms with Crippen molar-refractivity contribution in [2.45, 2.75) is 45.1 Å². The van der Waals surface area contributed by atoms with E-state index in [-0.39, 0.29) is 18.2 Å². The largest absolute Gasteiger partial charge is 0.481 e. The standard InChI is InChI=1S/C15H22N2O3/c1-2-11(9-14(18)19)10-16-15(20)13-7-4-8-17(13)12-5-3-6-12/h4,7-8,11-12H,2-3,5-6,9-10H2,1H3,(H,16,20)(H,18,19). The average molecular weight is 278 g/mol. The second-order valence-corrected chi connectivity index (χ2v) is 5.47. The Morgan fingerprint density at radius 3 is 2.80 bits per heavy atom. The van der Waals surface area contributed by atoms with Crippen LogP contribution in [0.15, 0.2) is 18.3 Å². The molecule has 1 amide bonds. The number of amides is 1. The fraction of sp³-hybridized carbons (Fsp3) is 0.600. The van der Waals surface area contributed by atoms with Gasteiger partial charge in [0.25, 0.3) is 5.91 Å². The quantitative estimate of drug-likeness (QED) is 0.804. The number of hydrogen-bond donors (Lipinski definition) is 2. The summed E-state index contributed by atoms with van der Waals surface area (Å²) in [6, 6.07) is 4.17. The van der Waals surface area contributed by atoms with Crippen LogP contribution in [0, 0.1) is 5.92 Å². The molecule has 0 aliphatic heterocycles. The molecule has 20 heavy (non-hydrogen) atoms. The highest BCUT2D eigenvalue weighted by Crippen LogP contribution is 2.32. The molecule has 1 aromatic rings. The molecule has 0 aromatic carbocycles. The fourth-order valence-electron chi connectivity index (χ4n) is 2.50. The van der Waals surface area contributed by atoms with E-state index < -0.39 is 5.97 Å². The first-order valence-corrected chi connectivity index (χ1v) is 7.28. The Labute approximate surface area is 119 Å². The number of carbonyl (C=O) groups is 2. The third-order valence-electron chi connectivity index (χ3n) is 4.07. The molecule has 0 spiro atoms. The van der Waals surface area contributed by atoms with Crippen LogP contribution in [0.4, 0.5) is 0 Å². The summed E-state index contributed by atoms with van der Waals surface area (Å²) >= 11 is 0. The van der Waals surface area contributed by atoms with Gasteiger partial charge in [0.05, 0.1) is 0 Å². The highest BCUT2D eigenvalue weighted by atomic mass is 16.4. The molecule has 0 bridgehead atoms. The minimum absolute atomic E-state index is 0.0106. The minimum atomic E-state index is -0.816. The smallest absolute Gasteiger partial charge is 0.303 e. The SMILES string of the molecule is CCC(CNC(=O)c1cccn1C1CCC1)CC(=O)O. The maximum Gasteiger partial charge on any atom is 0.303 e. The summed E-state index contributed by atoms with van der Waals surface area (Å²) in [5, 5.41) is 11.7. The topological polar surface area (TPSA) is 71.3 Å². The second kappa shape index (κ2) is 6.59. The van der Waals surface area contributed by atoms with E-state index in [0.717, 1.165) is 19.3 Å². The van der Waals surface area contributed by atoms with E-state index in [1.54, 1.807) is 0 Å². The second-order valence-electron chi connectivity index (χ2n) is 5.47. The van der Waals surface area contributed by atoms with Gasteiger partial charge in [-0.05, 0) is 37.3 Å². The number of rotatable bonds is 7. The van der Waals surface area contributed by atoms with Crippen molar-refractivity contribution in [2.24, 2.45) is 5.92 Å². The van der Waals surface area contributed by atoms with Gasteiger partial charge in [-0.3, -0.25) is 9.59 Å². The van der Waals surface area contributed by atoms with Gasteiger partial charge >= 0.3 is 5.97 Å². The number of carboxylic acid groups (broad SMARTS) is 1. The zero-order valence-corrected chi connectivity index (χ0v) is 11.8. The van der Waals surface area contributed by atoms with Crippen molar-refractivity contribution in [1.29, 1.82) is 0 Å². The van der Waals surface area contributed by atoms with Gasteiger partial charge in [0, 0.05) is 25.2 Å². The molecule has 2 rings (SSSR count). The van der Waals surface area contributed by atoms with E-state index in [2.05, 4.69) is 5.32 Å². The van der Waals surface area contributed by atoms with E-state index in [0.29, 0.717) is 18.3 Å². The first-order valence-electron chi connectivity index (χ1n) is 7.28. The molecular weight excluding hydrogens is 256 g/mol. The third-order valence-corrected chi connectivity index (χ3v) is 4.07. The summed E-state index contributed by atoms with van der Waals surface area (Å²) < 4.78 is 2.04. The molecule has 0 radical (unpaired) electrons. The monoisotopic (exact) mass is 278 g/mol. The lowest BCUT2D eigenvalue weighted by atomic mass is 9.93. The van der Waals surface area contributed by atoms with Crippen molar-refractivity contribution in [3.8, 4) is 0 Å². The summed E-state index contributed by atoms with van der Waals surface area (Å²) in [7, 11) is 0. The van der Waals surface area contributed by atoms with E-state index in [1.807, 2.05) is 29.8 Å². The number of nitrogens with one attached hydrogen (secondary N) is 1. The van der Waals surface area contributed by atoms with E-state index in [9.17, 15) is 9.59 Å². The first-order chi connectivity index (χ1) is 9.61. The lowest BCUT2D eigenvalue weighted by Gasteiger charge is -2.28. The maximum atomic E-state index is 12.2. The first kappa shape index (κ1) is 14.6. The molecule has 0 saturated heterocycles. The van der Waals surface area contributed by atoms with Gasteiger partial charge in [-0.25, -0.2) is 0 Å².